The molecule has 1 aliphatic carbocycles. The Morgan fingerprint density at radius 2 is 2.21 bits per heavy atom. The van der Waals surface area contributed by atoms with E-state index in [9.17, 15) is 4.39 Å². The molecule has 0 aliphatic heterocycles. The van der Waals surface area contributed by atoms with Crippen LogP contribution in [-0.2, 0) is 0 Å². The van der Waals surface area contributed by atoms with E-state index >= 15 is 0 Å². The van der Waals surface area contributed by atoms with Gasteiger partial charge in [0.05, 0.1) is 6.61 Å². The van der Waals surface area contributed by atoms with Crippen molar-refractivity contribution in [2.45, 2.75) is 26.2 Å². The van der Waals surface area contributed by atoms with Crippen molar-refractivity contribution >= 4 is 0 Å². The zero-order valence-electron chi connectivity index (χ0n) is 8.42. The highest BCUT2D eigenvalue weighted by Crippen LogP contribution is 2.32. The second-order valence-electron chi connectivity index (χ2n) is 3.99. The van der Waals surface area contributed by atoms with Crippen LogP contribution in [-0.4, -0.2) is 6.61 Å². The molecule has 1 nitrogen and oxygen atoms in total. The highest BCUT2D eigenvalue weighted by atomic mass is 19.1. The number of aryl methyl sites for hydroxylation is 1. The second-order valence-corrected chi connectivity index (χ2v) is 3.99. The molecular weight excluding hydrogens is 179 g/mol. The van der Waals surface area contributed by atoms with Gasteiger partial charge in [-0.3, -0.25) is 0 Å². The van der Waals surface area contributed by atoms with E-state index < -0.39 is 0 Å². The Bertz CT molecular complexity index is 318. The normalized spacial score (nSPS) is 15.6. The molecule has 0 radical (unpaired) electrons. The quantitative estimate of drug-likeness (QED) is 0.714. The summed E-state index contributed by atoms with van der Waals surface area (Å²) in [6, 6.07) is 4.66. The van der Waals surface area contributed by atoms with Crippen molar-refractivity contribution in [1.29, 1.82) is 0 Å². The monoisotopic (exact) mass is 194 g/mol. The molecule has 0 heterocycles. The van der Waals surface area contributed by atoms with Crippen LogP contribution in [0, 0.1) is 18.7 Å². The number of ether oxygens (including phenoxy) is 1. The summed E-state index contributed by atoms with van der Waals surface area (Å²) in [7, 11) is 0. The van der Waals surface area contributed by atoms with Gasteiger partial charge in [-0.1, -0.05) is 12.8 Å². The smallest absolute Gasteiger partial charge is 0.123 e. The molecule has 1 aliphatic rings. The Morgan fingerprint density at radius 1 is 1.43 bits per heavy atom. The lowest BCUT2D eigenvalue weighted by Gasteiger charge is -2.08. The molecule has 1 aromatic rings. The SMILES string of the molecule is Cc1cc(F)ccc1OCCC1CC1. The third kappa shape index (κ3) is 2.47. The third-order valence-corrected chi connectivity index (χ3v) is 2.62. The Morgan fingerprint density at radius 3 is 2.86 bits per heavy atom. The molecule has 0 atom stereocenters. The Hall–Kier alpha value is -1.05. The second kappa shape index (κ2) is 3.99. The molecule has 0 aromatic heterocycles. The summed E-state index contributed by atoms with van der Waals surface area (Å²) in [5, 5.41) is 0. The highest BCUT2D eigenvalue weighted by Gasteiger charge is 2.20. The van der Waals surface area contributed by atoms with Gasteiger partial charge < -0.3 is 4.74 Å². The van der Waals surface area contributed by atoms with Crippen molar-refractivity contribution in [3.8, 4) is 5.75 Å². The maximum absolute atomic E-state index is 12.8. The van der Waals surface area contributed by atoms with E-state index in [0.29, 0.717) is 0 Å². The van der Waals surface area contributed by atoms with Gasteiger partial charge in [0.2, 0.25) is 0 Å². The van der Waals surface area contributed by atoms with E-state index in [0.717, 1.165) is 30.3 Å². The van der Waals surface area contributed by atoms with Gasteiger partial charge in [-0.25, -0.2) is 4.39 Å². The van der Waals surface area contributed by atoms with Crippen LogP contribution < -0.4 is 4.74 Å². The van der Waals surface area contributed by atoms with Gasteiger partial charge in [-0.05, 0) is 43.0 Å². The molecule has 2 heteroatoms. The number of benzene rings is 1. The first-order valence-electron chi connectivity index (χ1n) is 5.14. The van der Waals surface area contributed by atoms with Crippen LogP contribution in [0.3, 0.4) is 0 Å². The van der Waals surface area contributed by atoms with Crippen LogP contribution in [0.25, 0.3) is 0 Å². The largest absolute Gasteiger partial charge is 0.493 e. The minimum absolute atomic E-state index is 0.197. The van der Waals surface area contributed by atoms with E-state index in [1.54, 1.807) is 6.07 Å². The minimum atomic E-state index is -0.197. The summed E-state index contributed by atoms with van der Waals surface area (Å²) in [6.07, 6.45) is 3.84. The van der Waals surface area contributed by atoms with E-state index in [1.807, 2.05) is 6.92 Å². The Labute approximate surface area is 83.9 Å². The van der Waals surface area contributed by atoms with Gasteiger partial charge in [0.1, 0.15) is 11.6 Å². The average molecular weight is 194 g/mol. The summed E-state index contributed by atoms with van der Waals surface area (Å²) < 4.78 is 18.3. The van der Waals surface area contributed by atoms with Crippen molar-refractivity contribution < 1.29 is 9.13 Å². The maximum atomic E-state index is 12.8. The van der Waals surface area contributed by atoms with Gasteiger partial charge in [0.15, 0.2) is 0 Å². The van der Waals surface area contributed by atoms with E-state index in [4.69, 9.17) is 4.74 Å². The Kier molecular flexibility index (Phi) is 2.71. The fourth-order valence-electron chi connectivity index (χ4n) is 1.52. The molecule has 76 valence electrons. The van der Waals surface area contributed by atoms with E-state index in [2.05, 4.69) is 0 Å². The van der Waals surface area contributed by atoms with Gasteiger partial charge in [-0.15, -0.1) is 0 Å². The molecule has 0 spiro atoms. The fourth-order valence-corrected chi connectivity index (χ4v) is 1.52. The van der Waals surface area contributed by atoms with Gasteiger partial charge in [0.25, 0.3) is 0 Å². The summed E-state index contributed by atoms with van der Waals surface area (Å²) in [5.41, 5.74) is 0.876. The lowest BCUT2D eigenvalue weighted by Crippen LogP contribution is -1.99. The molecule has 14 heavy (non-hydrogen) atoms. The molecule has 1 fully saturated rings. The summed E-state index contributed by atoms with van der Waals surface area (Å²) in [4.78, 5) is 0. The number of rotatable bonds is 4. The van der Waals surface area contributed by atoms with Gasteiger partial charge in [-0.2, -0.15) is 0 Å². The van der Waals surface area contributed by atoms with Gasteiger partial charge in [0, 0.05) is 0 Å². The molecule has 0 bridgehead atoms. The van der Waals surface area contributed by atoms with Crippen molar-refractivity contribution in [1.82, 2.24) is 0 Å². The molecule has 1 saturated carbocycles. The Balaban J connectivity index is 1.87. The summed E-state index contributed by atoms with van der Waals surface area (Å²) >= 11 is 0. The van der Waals surface area contributed by atoms with Crippen LogP contribution in [0.1, 0.15) is 24.8 Å². The first-order valence-corrected chi connectivity index (χ1v) is 5.14. The molecular formula is C12H15FO. The summed E-state index contributed by atoms with van der Waals surface area (Å²) in [5.74, 6) is 1.50. The summed E-state index contributed by atoms with van der Waals surface area (Å²) in [6.45, 7) is 2.63. The van der Waals surface area contributed by atoms with Crippen LogP contribution in [0.4, 0.5) is 4.39 Å². The third-order valence-electron chi connectivity index (χ3n) is 2.62. The molecule has 0 saturated heterocycles. The van der Waals surface area contributed by atoms with Crippen LogP contribution in [0.2, 0.25) is 0 Å². The van der Waals surface area contributed by atoms with Crippen molar-refractivity contribution in [3.63, 3.8) is 0 Å². The van der Waals surface area contributed by atoms with Crippen LogP contribution in [0.5, 0.6) is 5.75 Å². The average Bonchev–Trinajstić information content (AvgIpc) is 2.92. The topological polar surface area (TPSA) is 9.23 Å². The molecule has 0 unspecified atom stereocenters. The molecule has 0 amide bonds. The number of halogens is 1. The van der Waals surface area contributed by atoms with Crippen molar-refractivity contribution in [2.24, 2.45) is 5.92 Å². The van der Waals surface area contributed by atoms with Gasteiger partial charge >= 0.3 is 0 Å². The van der Waals surface area contributed by atoms with E-state index in [1.165, 1.54) is 25.0 Å². The predicted octanol–water partition coefficient (Wildman–Crippen LogP) is 3.31. The standard InChI is InChI=1S/C12H15FO/c1-9-8-11(13)4-5-12(9)14-7-6-10-2-3-10/h4-5,8,10H,2-3,6-7H2,1H3. The molecule has 0 N–H and O–H groups in total. The number of hydrogen-bond donors (Lipinski definition) is 0. The predicted molar refractivity (Wildman–Crippen MR) is 54.0 cm³/mol. The first kappa shape index (κ1) is 9.50. The van der Waals surface area contributed by atoms with Crippen molar-refractivity contribution in [2.75, 3.05) is 6.61 Å². The highest BCUT2D eigenvalue weighted by molar-refractivity contribution is 5.32. The molecule has 1 aromatic carbocycles. The minimum Gasteiger partial charge on any atom is -0.493 e. The van der Waals surface area contributed by atoms with Crippen LogP contribution >= 0.6 is 0 Å². The zero-order valence-corrected chi connectivity index (χ0v) is 8.42. The zero-order chi connectivity index (χ0) is 9.97. The number of hydrogen-bond acceptors (Lipinski definition) is 1. The lowest BCUT2D eigenvalue weighted by atomic mass is 10.2. The lowest BCUT2D eigenvalue weighted by molar-refractivity contribution is 0.300. The molecule has 2 rings (SSSR count). The maximum Gasteiger partial charge on any atom is 0.123 e. The van der Waals surface area contributed by atoms with Crippen molar-refractivity contribution in [3.05, 3.63) is 29.6 Å². The first-order chi connectivity index (χ1) is 6.75. The van der Waals surface area contributed by atoms with E-state index in [-0.39, 0.29) is 5.82 Å². The van der Waals surface area contributed by atoms with Crippen LogP contribution in [0.15, 0.2) is 18.2 Å². The fraction of sp³-hybridized carbons (Fsp3) is 0.500.